The van der Waals surface area contributed by atoms with Crippen LogP contribution < -0.4 is 16.2 Å². The van der Waals surface area contributed by atoms with Crippen LogP contribution in [0.15, 0.2) is 42.5 Å². The van der Waals surface area contributed by atoms with E-state index in [4.69, 9.17) is 16.2 Å². The quantitative estimate of drug-likeness (QED) is 0.883. The van der Waals surface area contributed by atoms with Crippen molar-refractivity contribution in [1.82, 2.24) is 0 Å². The Hall–Kier alpha value is -1.84. The Morgan fingerprint density at radius 3 is 2.21 bits per heavy atom. The second-order valence-electron chi connectivity index (χ2n) is 4.65. The highest BCUT2D eigenvalue weighted by Gasteiger charge is 2.10. The summed E-state index contributed by atoms with van der Waals surface area (Å²) in [5, 5.41) is 0. The Labute approximate surface area is 114 Å². The van der Waals surface area contributed by atoms with Crippen molar-refractivity contribution in [2.24, 2.45) is 11.5 Å². The van der Waals surface area contributed by atoms with E-state index in [1.165, 1.54) is 0 Å². The Morgan fingerprint density at radius 2 is 1.68 bits per heavy atom. The van der Waals surface area contributed by atoms with E-state index >= 15 is 0 Å². The van der Waals surface area contributed by atoms with Gasteiger partial charge in [0.05, 0.1) is 13.2 Å². The standard InChI is InChI=1S/C16H20N2O/c1-11-9-14(7-8-15(11)19-2)16(18)13-5-3-12(10-17)4-6-13/h3-9,16H,10,17-18H2,1-2H3. The van der Waals surface area contributed by atoms with Crippen LogP contribution in [-0.4, -0.2) is 7.11 Å². The number of benzene rings is 2. The molecular formula is C16H20N2O. The minimum atomic E-state index is -0.128. The molecule has 3 heteroatoms. The Balaban J connectivity index is 2.27. The SMILES string of the molecule is COc1ccc(C(N)c2ccc(CN)cc2)cc1C. The Morgan fingerprint density at radius 1 is 1.05 bits per heavy atom. The average molecular weight is 256 g/mol. The molecule has 0 radical (unpaired) electrons. The largest absolute Gasteiger partial charge is 0.496 e. The molecule has 0 saturated heterocycles. The topological polar surface area (TPSA) is 61.3 Å². The molecule has 0 amide bonds. The van der Waals surface area contributed by atoms with Crippen LogP contribution in [0.25, 0.3) is 0 Å². The lowest BCUT2D eigenvalue weighted by Crippen LogP contribution is -2.12. The number of hydrogen-bond acceptors (Lipinski definition) is 3. The van der Waals surface area contributed by atoms with E-state index < -0.39 is 0 Å². The first-order valence-corrected chi connectivity index (χ1v) is 6.34. The Bertz CT molecular complexity index is 549. The van der Waals surface area contributed by atoms with Gasteiger partial charge in [-0.15, -0.1) is 0 Å². The van der Waals surface area contributed by atoms with Gasteiger partial charge in [0.2, 0.25) is 0 Å². The molecule has 2 aromatic rings. The van der Waals surface area contributed by atoms with Gasteiger partial charge >= 0.3 is 0 Å². The fourth-order valence-corrected chi connectivity index (χ4v) is 2.15. The second-order valence-corrected chi connectivity index (χ2v) is 4.65. The highest BCUT2D eigenvalue weighted by molar-refractivity contribution is 5.40. The molecule has 1 atom stereocenters. The van der Waals surface area contributed by atoms with Crippen LogP contribution in [0.4, 0.5) is 0 Å². The van der Waals surface area contributed by atoms with Crippen molar-refractivity contribution in [1.29, 1.82) is 0 Å². The van der Waals surface area contributed by atoms with E-state index in [0.29, 0.717) is 6.54 Å². The summed E-state index contributed by atoms with van der Waals surface area (Å²) in [6.07, 6.45) is 0. The minimum Gasteiger partial charge on any atom is -0.496 e. The summed E-state index contributed by atoms with van der Waals surface area (Å²) in [4.78, 5) is 0. The maximum Gasteiger partial charge on any atom is 0.121 e. The van der Waals surface area contributed by atoms with Crippen molar-refractivity contribution in [2.75, 3.05) is 7.11 Å². The van der Waals surface area contributed by atoms with Crippen LogP contribution in [0, 0.1) is 6.92 Å². The van der Waals surface area contributed by atoms with Gasteiger partial charge in [-0.1, -0.05) is 36.4 Å². The smallest absolute Gasteiger partial charge is 0.121 e. The molecule has 0 aliphatic rings. The first-order chi connectivity index (χ1) is 9.15. The molecule has 0 bridgehead atoms. The van der Waals surface area contributed by atoms with E-state index in [1.54, 1.807) is 7.11 Å². The summed E-state index contributed by atoms with van der Waals surface area (Å²) in [5.41, 5.74) is 16.3. The third-order valence-corrected chi connectivity index (χ3v) is 3.35. The minimum absolute atomic E-state index is 0.128. The number of methoxy groups -OCH3 is 1. The normalized spacial score (nSPS) is 12.2. The van der Waals surface area contributed by atoms with E-state index in [1.807, 2.05) is 43.3 Å². The molecule has 3 nitrogen and oxygen atoms in total. The van der Waals surface area contributed by atoms with Crippen LogP contribution in [-0.2, 0) is 6.54 Å². The fraction of sp³-hybridized carbons (Fsp3) is 0.250. The lowest BCUT2D eigenvalue weighted by atomic mass is 9.97. The molecule has 19 heavy (non-hydrogen) atoms. The van der Waals surface area contributed by atoms with Crippen molar-refractivity contribution in [2.45, 2.75) is 19.5 Å². The van der Waals surface area contributed by atoms with Gasteiger partial charge in [-0.2, -0.15) is 0 Å². The zero-order valence-electron chi connectivity index (χ0n) is 11.4. The zero-order chi connectivity index (χ0) is 13.8. The van der Waals surface area contributed by atoms with Gasteiger partial charge in [-0.3, -0.25) is 0 Å². The van der Waals surface area contributed by atoms with Gasteiger partial charge in [0.1, 0.15) is 5.75 Å². The van der Waals surface area contributed by atoms with Crippen LogP contribution in [0.1, 0.15) is 28.3 Å². The van der Waals surface area contributed by atoms with E-state index in [9.17, 15) is 0 Å². The highest BCUT2D eigenvalue weighted by Crippen LogP contribution is 2.25. The van der Waals surface area contributed by atoms with E-state index in [2.05, 4.69) is 6.07 Å². The number of rotatable bonds is 4. The monoisotopic (exact) mass is 256 g/mol. The summed E-state index contributed by atoms with van der Waals surface area (Å²) in [6.45, 7) is 2.57. The lowest BCUT2D eigenvalue weighted by molar-refractivity contribution is 0.411. The van der Waals surface area contributed by atoms with Crippen molar-refractivity contribution >= 4 is 0 Å². The third-order valence-electron chi connectivity index (χ3n) is 3.35. The maximum absolute atomic E-state index is 6.30. The highest BCUT2D eigenvalue weighted by atomic mass is 16.5. The van der Waals surface area contributed by atoms with Gasteiger partial charge in [0, 0.05) is 6.54 Å². The third kappa shape index (κ3) is 2.95. The molecule has 0 saturated carbocycles. The summed E-state index contributed by atoms with van der Waals surface area (Å²) >= 11 is 0. The Kier molecular flexibility index (Phi) is 4.20. The molecule has 2 rings (SSSR count). The van der Waals surface area contributed by atoms with E-state index in [0.717, 1.165) is 28.0 Å². The van der Waals surface area contributed by atoms with E-state index in [-0.39, 0.29) is 6.04 Å². The van der Waals surface area contributed by atoms with Gasteiger partial charge in [-0.25, -0.2) is 0 Å². The predicted molar refractivity (Wildman–Crippen MR) is 78.1 cm³/mol. The number of ether oxygens (including phenoxy) is 1. The molecule has 4 N–H and O–H groups in total. The van der Waals surface area contributed by atoms with Crippen LogP contribution in [0.3, 0.4) is 0 Å². The molecule has 0 fully saturated rings. The molecule has 0 aromatic heterocycles. The molecular weight excluding hydrogens is 236 g/mol. The first-order valence-electron chi connectivity index (χ1n) is 6.34. The second kappa shape index (κ2) is 5.87. The van der Waals surface area contributed by atoms with Crippen molar-refractivity contribution in [3.8, 4) is 5.75 Å². The van der Waals surface area contributed by atoms with Gasteiger partial charge in [-0.05, 0) is 35.2 Å². The summed E-state index contributed by atoms with van der Waals surface area (Å²) < 4.78 is 5.26. The van der Waals surface area contributed by atoms with Crippen molar-refractivity contribution in [3.05, 3.63) is 64.7 Å². The lowest BCUT2D eigenvalue weighted by Gasteiger charge is -2.15. The van der Waals surface area contributed by atoms with Gasteiger partial charge in [0.25, 0.3) is 0 Å². The summed E-state index contributed by atoms with van der Waals surface area (Å²) in [7, 11) is 1.67. The molecule has 100 valence electrons. The number of hydrogen-bond donors (Lipinski definition) is 2. The predicted octanol–water partition coefficient (Wildman–Crippen LogP) is 2.51. The van der Waals surface area contributed by atoms with Crippen molar-refractivity contribution < 1.29 is 4.74 Å². The first kappa shape index (κ1) is 13.6. The van der Waals surface area contributed by atoms with Crippen LogP contribution in [0.2, 0.25) is 0 Å². The molecule has 2 aromatic carbocycles. The van der Waals surface area contributed by atoms with Crippen molar-refractivity contribution in [3.63, 3.8) is 0 Å². The summed E-state index contributed by atoms with van der Waals surface area (Å²) in [6, 6.07) is 14.0. The molecule has 0 spiro atoms. The molecule has 0 heterocycles. The number of nitrogens with two attached hydrogens (primary N) is 2. The molecule has 0 aliphatic carbocycles. The zero-order valence-corrected chi connectivity index (χ0v) is 11.4. The van der Waals surface area contributed by atoms with Crippen LogP contribution >= 0.6 is 0 Å². The van der Waals surface area contributed by atoms with Gasteiger partial charge in [0.15, 0.2) is 0 Å². The van der Waals surface area contributed by atoms with Gasteiger partial charge < -0.3 is 16.2 Å². The molecule has 0 aliphatic heterocycles. The summed E-state index contributed by atoms with van der Waals surface area (Å²) in [5.74, 6) is 0.884. The average Bonchev–Trinajstić information content (AvgIpc) is 2.46. The van der Waals surface area contributed by atoms with Crippen LogP contribution in [0.5, 0.6) is 5.75 Å². The number of aryl methyl sites for hydroxylation is 1. The fourth-order valence-electron chi connectivity index (χ4n) is 2.15. The molecule has 1 unspecified atom stereocenters. The maximum atomic E-state index is 6.30.